The van der Waals surface area contributed by atoms with Gasteiger partial charge in [-0.25, -0.2) is 8.42 Å². The molecular weight excluding hydrogens is 334 g/mol. The Morgan fingerprint density at radius 1 is 1.33 bits per heavy atom. The number of aryl methyl sites for hydroxylation is 1. The second-order valence-corrected chi connectivity index (χ2v) is 7.96. The second kappa shape index (κ2) is 6.05. The Morgan fingerprint density at radius 3 is 2.43 bits per heavy atom. The number of anilines is 1. The van der Waals surface area contributed by atoms with Gasteiger partial charge in [0.05, 0.1) is 10.8 Å². The smallest absolute Gasteiger partial charge is 0.307 e. The molecule has 0 aliphatic rings. The van der Waals surface area contributed by atoms with Crippen molar-refractivity contribution < 1.29 is 18.3 Å². The van der Waals surface area contributed by atoms with Crippen LogP contribution in [0.1, 0.15) is 11.1 Å². The summed E-state index contributed by atoms with van der Waals surface area (Å²) in [5.74, 6) is -0.938. The van der Waals surface area contributed by atoms with Crippen LogP contribution in [-0.2, 0) is 21.2 Å². The molecule has 0 saturated carbocycles. The predicted molar refractivity (Wildman–Crippen MR) is 82.7 cm³/mol. The van der Waals surface area contributed by atoms with Crippen LogP contribution in [0.5, 0.6) is 0 Å². The molecule has 0 aliphatic carbocycles. The van der Waals surface area contributed by atoms with Gasteiger partial charge >= 0.3 is 5.97 Å². The minimum absolute atomic E-state index is 0.104. The summed E-state index contributed by atoms with van der Waals surface area (Å²) in [5, 5.41) is 8.68. The van der Waals surface area contributed by atoms with E-state index in [-0.39, 0.29) is 10.6 Å². The van der Waals surface area contributed by atoms with Gasteiger partial charge in [-0.15, -0.1) is 11.3 Å². The number of hydrogen-bond acceptors (Lipinski definition) is 4. The SMILES string of the molecule is Cc1cc(S(=O)(=O)Nc2ccc(CC(=O)O)cc2)sc1Cl. The number of rotatable bonds is 5. The Kier molecular flexibility index (Phi) is 4.55. The highest BCUT2D eigenvalue weighted by atomic mass is 35.5. The molecule has 0 saturated heterocycles. The summed E-state index contributed by atoms with van der Waals surface area (Å²) in [4.78, 5) is 10.6. The lowest BCUT2D eigenvalue weighted by atomic mass is 10.1. The number of carboxylic acids is 1. The first kappa shape index (κ1) is 15.8. The summed E-state index contributed by atoms with van der Waals surface area (Å²) in [6.07, 6.45) is -0.104. The molecule has 1 aromatic carbocycles. The molecule has 2 N–H and O–H groups in total. The van der Waals surface area contributed by atoms with Crippen molar-refractivity contribution in [1.82, 2.24) is 0 Å². The van der Waals surface area contributed by atoms with Crippen LogP contribution in [0, 0.1) is 6.92 Å². The van der Waals surface area contributed by atoms with Crippen LogP contribution in [0.4, 0.5) is 5.69 Å². The lowest BCUT2D eigenvalue weighted by molar-refractivity contribution is -0.136. The van der Waals surface area contributed by atoms with Crippen molar-refractivity contribution in [3.63, 3.8) is 0 Å². The minimum atomic E-state index is -3.68. The van der Waals surface area contributed by atoms with Gasteiger partial charge in [0, 0.05) is 5.69 Å². The van der Waals surface area contributed by atoms with Crippen LogP contribution in [0.15, 0.2) is 34.5 Å². The number of carboxylic acid groups (broad SMARTS) is 1. The molecule has 0 radical (unpaired) electrons. The van der Waals surface area contributed by atoms with Crippen molar-refractivity contribution in [3.05, 3.63) is 45.8 Å². The highest BCUT2D eigenvalue weighted by molar-refractivity contribution is 7.94. The molecule has 0 aliphatic heterocycles. The number of carbonyl (C=O) groups is 1. The van der Waals surface area contributed by atoms with E-state index in [1.165, 1.54) is 18.2 Å². The number of nitrogens with one attached hydrogen (secondary N) is 1. The van der Waals surface area contributed by atoms with Crippen LogP contribution in [0.25, 0.3) is 0 Å². The summed E-state index contributed by atoms with van der Waals surface area (Å²) >= 11 is 6.87. The highest BCUT2D eigenvalue weighted by Gasteiger charge is 2.18. The van der Waals surface area contributed by atoms with Gasteiger partial charge in [0.1, 0.15) is 4.21 Å². The molecule has 0 amide bonds. The molecule has 1 heterocycles. The van der Waals surface area contributed by atoms with E-state index in [4.69, 9.17) is 16.7 Å². The van der Waals surface area contributed by atoms with Gasteiger partial charge in [-0.2, -0.15) is 0 Å². The highest BCUT2D eigenvalue weighted by Crippen LogP contribution is 2.31. The van der Waals surface area contributed by atoms with E-state index in [0.717, 1.165) is 11.3 Å². The topological polar surface area (TPSA) is 83.5 Å². The molecule has 112 valence electrons. The molecule has 0 bridgehead atoms. The van der Waals surface area contributed by atoms with Gasteiger partial charge < -0.3 is 5.11 Å². The Bertz CT molecular complexity index is 746. The first-order valence-electron chi connectivity index (χ1n) is 5.87. The largest absolute Gasteiger partial charge is 0.481 e. The van der Waals surface area contributed by atoms with Crippen LogP contribution < -0.4 is 4.72 Å². The van der Waals surface area contributed by atoms with Crippen LogP contribution in [-0.4, -0.2) is 19.5 Å². The van der Waals surface area contributed by atoms with E-state index in [1.54, 1.807) is 19.1 Å². The fourth-order valence-electron chi connectivity index (χ4n) is 1.63. The minimum Gasteiger partial charge on any atom is -0.481 e. The zero-order chi connectivity index (χ0) is 15.6. The first-order valence-corrected chi connectivity index (χ1v) is 8.55. The van der Waals surface area contributed by atoms with E-state index >= 15 is 0 Å². The zero-order valence-corrected chi connectivity index (χ0v) is 13.3. The summed E-state index contributed by atoms with van der Waals surface area (Å²) in [7, 11) is -3.68. The maximum absolute atomic E-state index is 12.2. The third-order valence-corrected chi connectivity index (χ3v) is 6.07. The molecule has 0 atom stereocenters. The Labute approximate surface area is 131 Å². The molecular formula is C13H12ClNO4S2. The number of aliphatic carboxylic acids is 1. The van der Waals surface area contributed by atoms with E-state index < -0.39 is 16.0 Å². The van der Waals surface area contributed by atoms with Gasteiger partial charge in [-0.1, -0.05) is 23.7 Å². The average molecular weight is 346 g/mol. The fourth-order valence-corrected chi connectivity index (χ4v) is 4.40. The zero-order valence-electron chi connectivity index (χ0n) is 11.0. The van der Waals surface area contributed by atoms with Crippen molar-refractivity contribution in [2.75, 3.05) is 4.72 Å². The summed E-state index contributed by atoms with van der Waals surface area (Å²) in [6, 6.07) is 7.70. The molecule has 0 unspecified atom stereocenters. The van der Waals surface area contributed by atoms with E-state index in [9.17, 15) is 13.2 Å². The van der Waals surface area contributed by atoms with E-state index in [1.807, 2.05) is 0 Å². The van der Waals surface area contributed by atoms with Gasteiger partial charge in [0.2, 0.25) is 0 Å². The van der Waals surface area contributed by atoms with Crippen molar-refractivity contribution in [2.45, 2.75) is 17.6 Å². The van der Waals surface area contributed by atoms with Gasteiger partial charge in [0.25, 0.3) is 10.0 Å². The average Bonchev–Trinajstić information content (AvgIpc) is 2.72. The lowest BCUT2D eigenvalue weighted by Crippen LogP contribution is -2.11. The first-order chi connectivity index (χ1) is 9.78. The van der Waals surface area contributed by atoms with Crippen LogP contribution >= 0.6 is 22.9 Å². The predicted octanol–water partition coefficient (Wildman–Crippen LogP) is 3.14. The maximum Gasteiger partial charge on any atom is 0.307 e. The quantitative estimate of drug-likeness (QED) is 0.872. The molecule has 2 aromatic rings. The summed E-state index contributed by atoms with van der Waals surface area (Å²) in [5.41, 5.74) is 1.67. The van der Waals surface area contributed by atoms with Crippen molar-refractivity contribution in [3.8, 4) is 0 Å². The lowest BCUT2D eigenvalue weighted by Gasteiger charge is -2.06. The standard InChI is InChI=1S/C13H12ClNO4S2/c1-8-6-12(20-13(8)14)21(18,19)15-10-4-2-9(3-5-10)7-11(16)17/h2-6,15H,7H2,1H3,(H,16,17). The Hall–Kier alpha value is -1.57. The number of thiophene rings is 1. The third kappa shape index (κ3) is 3.96. The van der Waals surface area contributed by atoms with Gasteiger partial charge in [0.15, 0.2) is 0 Å². The molecule has 0 spiro atoms. The number of hydrogen-bond donors (Lipinski definition) is 2. The van der Waals surface area contributed by atoms with Gasteiger partial charge in [-0.3, -0.25) is 9.52 Å². The normalized spacial score (nSPS) is 11.3. The Morgan fingerprint density at radius 2 is 1.95 bits per heavy atom. The number of benzene rings is 1. The van der Waals surface area contributed by atoms with Crippen molar-refractivity contribution in [2.24, 2.45) is 0 Å². The second-order valence-electron chi connectivity index (χ2n) is 4.40. The van der Waals surface area contributed by atoms with E-state index in [0.29, 0.717) is 21.2 Å². The Balaban J connectivity index is 2.18. The number of halogens is 1. The molecule has 5 nitrogen and oxygen atoms in total. The summed E-state index contributed by atoms with van der Waals surface area (Å²) < 4.78 is 27.4. The molecule has 2 rings (SSSR count). The third-order valence-electron chi connectivity index (χ3n) is 2.66. The van der Waals surface area contributed by atoms with E-state index in [2.05, 4.69) is 4.72 Å². The fraction of sp³-hybridized carbons (Fsp3) is 0.154. The van der Waals surface area contributed by atoms with Gasteiger partial charge in [-0.05, 0) is 36.2 Å². The van der Waals surface area contributed by atoms with Crippen molar-refractivity contribution >= 4 is 44.6 Å². The van der Waals surface area contributed by atoms with Crippen LogP contribution in [0.2, 0.25) is 4.34 Å². The molecule has 8 heteroatoms. The molecule has 21 heavy (non-hydrogen) atoms. The monoisotopic (exact) mass is 345 g/mol. The van der Waals surface area contributed by atoms with Crippen molar-refractivity contribution in [1.29, 1.82) is 0 Å². The number of sulfonamides is 1. The summed E-state index contributed by atoms with van der Waals surface area (Å²) in [6.45, 7) is 1.73. The molecule has 0 fully saturated rings. The maximum atomic E-state index is 12.2. The molecule has 1 aromatic heterocycles. The van der Waals surface area contributed by atoms with Crippen LogP contribution in [0.3, 0.4) is 0 Å².